The zero-order valence-corrected chi connectivity index (χ0v) is 11.8. The van der Waals surface area contributed by atoms with Crippen LogP contribution in [0.4, 0.5) is 23.7 Å². The van der Waals surface area contributed by atoms with E-state index >= 15 is 0 Å². The Bertz CT molecular complexity index is 472. The van der Waals surface area contributed by atoms with Gasteiger partial charge in [0.15, 0.2) is 0 Å². The molecule has 0 saturated heterocycles. The Labute approximate surface area is 116 Å². The molecule has 0 aliphatic rings. The molecular formula is C14H19F3N2O. The third-order valence-corrected chi connectivity index (χ3v) is 3.10. The fourth-order valence-electron chi connectivity index (χ4n) is 1.91. The second-order valence-corrected chi connectivity index (χ2v) is 4.56. The summed E-state index contributed by atoms with van der Waals surface area (Å²) in [5.74, 6) is 0. The maximum atomic E-state index is 13.1. The van der Waals surface area contributed by atoms with E-state index < -0.39 is 17.8 Å². The van der Waals surface area contributed by atoms with Crippen LogP contribution in [0, 0.1) is 0 Å². The number of unbranched alkanes of at least 4 members (excludes halogenated alkanes) is 1. The third-order valence-electron chi connectivity index (χ3n) is 3.10. The number of hydrogen-bond acceptors (Lipinski definition) is 1. The molecule has 0 spiro atoms. The zero-order chi connectivity index (χ0) is 15.3. The highest BCUT2D eigenvalue weighted by Gasteiger charge is 2.33. The first kappa shape index (κ1) is 16.3. The van der Waals surface area contributed by atoms with Crippen molar-refractivity contribution in [1.82, 2.24) is 5.32 Å². The Kier molecular flexibility index (Phi) is 5.42. The van der Waals surface area contributed by atoms with Crippen molar-refractivity contribution in [2.75, 3.05) is 19.0 Å². The molecule has 0 saturated carbocycles. The quantitative estimate of drug-likeness (QED) is 0.897. The molecule has 0 aliphatic carbocycles. The molecule has 1 aromatic carbocycles. The van der Waals surface area contributed by atoms with E-state index in [1.807, 2.05) is 6.92 Å². The first-order valence-electron chi connectivity index (χ1n) is 6.46. The van der Waals surface area contributed by atoms with E-state index in [1.165, 1.54) is 26.2 Å². The summed E-state index contributed by atoms with van der Waals surface area (Å²) in [5.41, 5.74) is -0.176. The maximum absolute atomic E-state index is 13.1. The fourth-order valence-corrected chi connectivity index (χ4v) is 1.91. The van der Waals surface area contributed by atoms with Crippen molar-refractivity contribution in [3.63, 3.8) is 0 Å². The average molecular weight is 288 g/mol. The topological polar surface area (TPSA) is 32.3 Å². The Morgan fingerprint density at radius 2 is 2.00 bits per heavy atom. The van der Waals surface area contributed by atoms with E-state index in [9.17, 15) is 18.0 Å². The number of carbonyl (C=O) groups excluding carboxylic acids is 1. The molecule has 0 heterocycles. The number of alkyl halides is 3. The van der Waals surface area contributed by atoms with Crippen molar-refractivity contribution in [2.24, 2.45) is 0 Å². The molecule has 0 aliphatic heterocycles. The lowest BCUT2D eigenvalue weighted by atomic mass is 10.0. The minimum absolute atomic E-state index is 0.219. The van der Waals surface area contributed by atoms with E-state index in [4.69, 9.17) is 0 Å². The van der Waals surface area contributed by atoms with E-state index in [2.05, 4.69) is 5.32 Å². The van der Waals surface area contributed by atoms with E-state index in [1.54, 1.807) is 0 Å². The lowest BCUT2D eigenvalue weighted by molar-refractivity contribution is -0.138. The summed E-state index contributed by atoms with van der Waals surface area (Å²) >= 11 is 0. The molecule has 1 aromatic rings. The smallest absolute Gasteiger partial charge is 0.341 e. The molecular weight excluding hydrogens is 269 g/mol. The third kappa shape index (κ3) is 3.88. The van der Waals surface area contributed by atoms with Crippen LogP contribution in [-0.4, -0.2) is 20.1 Å². The molecule has 2 amide bonds. The summed E-state index contributed by atoms with van der Waals surface area (Å²) in [5, 5.41) is 2.38. The number of carbonyl (C=O) groups is 1. The molecule has 1 rings (SSSR count). The number of nitrogens with zero attached hydrogens (tertiary/aromatic N) is 1. The molecule has 20 heavy (non-hydrogen) atoms. The molecule has 0 aromatic heterocycles. The Morgan fingerprint density at radius 3 is 2.50 bits per heavy atom. The molecule has 0 bridgehead atoms. The van der Waals surface area contributed by atoms with Gasteiger partial charge in [-0.05, 0) is 30.5 Å². The van der Waals surface area contributed by atoms with Crippen LogP contribution >= 0.6 is 0 Å². The van der Waals surface area contributed by atoms with Gasteiger partial charge in [-0.15, -0.1) is 0 Å². The highest BCUT2D eigenvalue weighted by Crippen LogP contribution is 2.35. The number of anilines is 1. The number of halogens is 3. The lowest BCUT2D eigenvalue weighted by Crippen LogP contribution is -2.35. The number of hydrogen-bond donors (Lipinski definition) is 1. The number of rotatable bonds is 4. The van der Waals surface area contributed by atoms with Gasteiger partial charge in [0, 0.05) is 19.8 Å². The van der Waals surface area contributed by atoms with Crippen LogP contribution in [0.5, 0.6) is 0 Å². The summed E-state index contributed by atoms with van der Waals surface area (Å²) in [6.07, 6.45) is -2.50. The van der Waals surface area contributed by atoms with Gasteiger partial charge in [-0.2, -0.15) is 13.2 Å². The van der Waals surface area contributed by atoms with Crippen molar-refractivity contribution in [3.8, 4) is 0 Å². The largest absolute Gasteiger partial charge is 0.416 e. The first-order chi connectivity index (χ1) is 9.31. The SMILES string of the molecule is CCCCc1ccc(N(C)C(=O)NC)cc1C(F)(F)F. The van der Waals surface area contributed by atoms with Crippen LogP contribution in [0.15, 0.2) is 18.2 Å². The van der Waals surface area contributed by atoms with Crippen LogP contribution in [0.2, 0.25) is 0 Å². The number of urea groups is 1. The molecule has 0 atom stereocenters. The Morgan fingerprint density at radius 1 is 1.35 bits per heavy atom. The van der Waals surface area contributed by atoms with Gasteiger partial charge in [-0.25, -0.2) is 4.79 Å². The van der Waals surface area contributed by atoms with Gasteiger partial charge in [-0.3, -0.25) is 4.90 Å². The van der Waals surface area contributed by atoms with Crippen molar-refractivity contribution in [3.05, 3.63) is 29.3 Å². The summed E-state index contributed by atoms with van der Waals surface area (Å²) in [6, 6.07) is 3.56. The molecule has 1 N–H and O–H groups in total. The van der Waals surface area contributed by atoms with Crippen LogP contribution in [-0.2, 0) is 12.6 Å². The molecule has 0 fully saturated rings. The minimum atomic E-state index is -4.41. The van der Waals surface area contributed by atoms with Crippen LogP contribution in [0.3, 0.4) is 0 Å². The second kappa shape index (κ2) is 6.63. The second-order valence-electron chi connectivity index (χ2n) is 4.56. The lowest BCUT2D eigenvalue weighted by Gasteiger charge is -2.20. The van der Waals surface area contributed by atoms with Gasteiger partial charge in [0.2, 0.25) is 0 Å². The predicted octanol–water partition coefficient (Wildman–Crippen LogP) is 3.82. The predicted molar refractivity (Wildman–Crippen MR) is 72.9 cm³/mol. The van der Waals surface area contributed by atoms with Crippen molar-refractivity contribution in [1.29, 1.82) is 0 Å². The van der Waals surface area contributed by atoms with Gasteiger partial charge in [-0.1, -0.05) is 19.4 Å². The highest BCUT2D eigenvalue weighted by atomic mass is 19.4. The minimum Gasteiger partial charge on any atom is -0.341 e. The fraction of sp³-hybridized carbons (Fsp3) is 0.500. The summed E-state index contributed by atoms with van der Waals surface area (Å²) in [4.78, 5) is 12.6. The van der Waals surface area contributed by atoms with Crippen LogP contribution < -0.4 is 10.2 Å². The highest BCUT2D eigenvalue weighted by molar-refractivity contribution is 5.91. The van der Waals surface area contributed by atoms with Gasteiger partial charge >= 0.3 is 12.2 Å². The average Bonchev–Trinajstić information content (AvgIpc) is 2.42. The molecule has 0 unspecified atom stereocenters. The number of amides is 2. The number of aryl methyl sites for hydroxylation is 1. The van der Waals surface area contributed by atoms with E-state index in [-0.39, 0.29) is 11.3 Å². The Balaban J connectivity index is 3.17. The number of benzene rings is 1. The first-order valence-corrected chi connectivity index (χ1v) is 6.46. The van der Waals surface area contributed by atoms with Crippen molar-refractivity contribution >= 4 is 11.7 Å². The summed E-state index contributed by atoms with van der Waals surface area (Å²) < 4.78 is 39.2. The molecule has 3 nitrogen and oxygen atoms in total. The standard InChI is InChI=1S/C14H19F3N2O/c1-4-5-6-10-7-8-11(19(3)13(20)18-2)9-12(10)14(15,16)17/h7-9H,4-6H2,1-3H3,(H,18,20). The van der Waals surface area contributed by atoms with Gasteiger partial charge < -0.3 is 5.32 Å². The van der Waals surface area contributed by atoms with E-state index in [0.717, 1.165) is 17.4 Å². The molecule has 6 heteroatoms. The Hall–Kier alpha value is -1.72. The molecule has 112 valence electrons. The van der Waals surface area contributed by atoms with Crippen molar-refractivity contribution in [2.45, 2.75) is 32.4 Å². The zero-order valence-electron chi connectivity index (χ0n) is 11.8. The monoisotopic (exact) mass is 288 g/mol. The maximum Gasteiger partial charge on any atom is 0.416 e. The van der Waals surface area contributed by atoms with Gasteiger partial charge in [0.25, 0.3) is 0 Å². The van der Waals surface area contributed by atoms with Gasteiger partial charge in [0.05, 0.1) is 5.56 Å². The van der Waals surface area contributed by atoms with Crippen LogP contribution in [0.25, 0.3) is 0 Å². The summed E-state index contributed by atoms with van der Waals surface area (Å²) in [6.45, 7) is 1.93. The van der Waals surface area contributed by atoms with Gasteiger partial charge in [0.1, 0.15) is 0 Å². The van der Waals surface area contributed by atoms with Crippen LogP contribution in [0.1, 0.15) is 30.9 Å². The molecule has 0 radical (unpaired) electrons. The van der Waals surface area contributed by atoms with Crippen molar-refractivity contribution < 1.29 is 18.0 Å². The summed E-state index contributed by atoms with van der Waals surface area (Å²) in [7, 11) is 2.86. The normalized spacial score (nSPS) is 11.3. The number of nitrogens with one attached hydrogen (secondary N) is 1. The van der Waals surface area contributed by atoms with E-state index in [0.29, 0.717) is 12.8 Å².